The molecule has 166 valence electrons. The highest BCUT2D eigenvalue weighted by atomic mass is 16.7. The molecule has 4 rings (SSSR count). The highest BCUT2D eigenvalue weighted by molar-refractivity contribution is 6.10. The summed E-state index contributed by atoms with van der Waals surface area (Å²) in [6, 6.07) is 14.1. The fraction of sp³-hybridized carbons (Fsp3) is 0.370. The van der Waals surface area contributed by atoms with Gasteiger partial charge in [-0.05, 0) is 74.9 Å². The van der Waals surface area contributed by atoms with Crippen molar-refractivity contribution in [2.24, 2.45) is 5.16 Å². The molecule has 1 aliphatic carbocycles. The second-order valence-electron chi connectivity index (χ2n) is 8.97. The number of hydrogen-bond donors (Lipinski definition) is 0. The number of rotatable bonds is 5. The largest absolute Gasteiger partial charge is 0.365 e. The van der Waals surface area contributed by atoms with Crippen molar-refractivity contribution in [1.29, 1.82) is 0 Å². The summed E-state index contributed by atoms with van der Waals surface area (Å²) in [6.45, 7) is 10.5. The molecule has 1 aliphatic heterocycles. The van der Waals surface area contributed by atoms with Crippen LogP contribution >= 0.6 is 0 Å². The van der Waals surface area contributed by atoms with E-state index < -0.39 is 5.97 Å². The third kappa shape index (κ3) is 3.66. The molecule has 0 spiro atoms. The van der Waals surface area contributed by atoms with E-state index in [9.17, 15) is 9.59 Å². The number of fused-ring (bicyclic) bond motifs is 3. The van der Waals surface area contributed by atoms with E-state index in [1.807, 2.05) is 44.2 Å². The predicted molar refractivity (Wildman–Crippen MR) is 127 cm³/mol. The maximum Gasteiger partial charge on any atom is 0.331 e. The molecule has 2 unspecified atom stereocenters. The van der Waals surface area contributed by atoms with Crippen molar-refractivity contribution in [3.63, 3.8) is 0 Å². The zero-order chi connectivity index (χ0) is 23.0. The number of hydrogen-bond acceptors (Lipinski definition) is 5. The Labute approximate surface area is 189 Å². The molecule has 0 amide bonds. The molecular weight excluding hydrogens is 400 g/mol. The fourth-order valence-electron chi connectivity index (χ4n) is 5.22. The molecule has 0 aromatic heterocycles. The first-order valence-electron chi connectivity index (χ1n) is 11.2. The first-order chi connectivity index (χ1) is 15.3. The van der Waals surface area contributed by atoms with Crippen molar-refractivity contribution in [1.82, 2.24) is 0 Å². The van der Waals surface area contributed by atoms with Gasteiger partial charge in [-0.3, -0.25) is 4.79 Å². The third-order valence-electron chi connectivity index (χ3n) is 6.97. The lowest BCUT2D eigenvalue weighted by molar-refractivity contribution is -0.140. The summed E-state index contributed by atoms with van der Waals surface area (Å²) in [6.07, 6.45) is 3.67. The van der Waals surface area contributed by atoms with Crippen LogP contribution < -0.4 is 4.90 Å². The minimum absolute atomic E-state index is 0.0772. The number of nitrogens with zero attached hydrogens (tertiary/aromatic N) is 2. The van der Waals surface area contributed by atoms with Gasteiger partial charge in [0.25, 0.3) is 0 Å². The summed E-state index contributed by atoms with van der Waals surface area (Å²) in [5, 5.41) is 3.96. The first-order valence-corrected chi connectivity index (χ1v) is 11.2. The number of allylic oxidation sites excluding steroid dienone is 1. The van der Waals surface area contributed by atoms with Gasteiger partial charge in [-0.1, -0.05) is 41.6 Å². The van der Waals surface area contributed by atoms with Crippen LogP contribution in [0.1, 0.15) is 73.5 Å². The zero-order valence-electron chi connectivity index (χ0n) is 19.4. The minimum atomic E-state index is -0.438. The summed E-state index contributed by atoms with van der Waals surface area (Å²) in [7, 11) is 0. The van der Waals surface area contributed by atoms with Crippen molar-refractivity contribution < 1.29 is 14.4 Å². The van der Waals surface area contributed by atoms with Crippen LogP contribution in [0.15, 0.2) is 59.3 Å². The Morgan fingerprint density at radius 3 is 2.62 bits per heavy atom. The van der Waals surface area contributed by atoms with Crippen LogP contribution in [-0.4, -0.2) is 29.5 Å². The Morgan fingerprint density at radius 1 is 1.19 bits per heavy atom. The second-order valence-corrected chi connectivity index (χ2v) is 8.97. The number of aryl methyl sites for hydroxylation is 1. The van der Waals surface area contributed by atoms with Gasteiger partial charge in [0.15, 0.2) is 5.78 Å². The number of benzene rings is 2. The van der Waals surface area contributed by atoms with Gasteiger partial charge in [-0.2, -0.15) is 0 Å². The van der Waals surface area contributed by atoms with Crippen LogP contribution in [0.2, 0.25) is 0 Å². The summed E-state index contributed by atoms with van der Waals surface area (Å²) < 4.78 is 0. The molecule has 1 heterocycles. The number of ketones is 1. The average Bonchev–Trinajstić information content (AvgIpc) is 3.03. The van der Waals surface area contributed by atoms with Crippen molar-refractivity contribution >= 4 is 23.2 Å². The number of Topliss-reactive ketones (excluding diaryl/α,β-unsaturated/α-hetero) is 1. The van der Waals surface area contributed by atoms with Gasteiger partial charge in [0.1, 0.15) is 0 Å². The molecule has 0 N–H and O–H groups in total. The lowest BCUT2D eigenvalue weighted by Crippen LogP contribution is -2.47. The van der Waals surface area contributed by atoms with E-state index in [1.165, 1.54) is 18.2 Å². The molecule has 0 bridgehead atoms. The number of anilines is 1. The number of likely N-dealkylation sites (N-methyl/N-ethyl adjacent to an activating group) is 1. The monoisotopic (exact) mass is 430 g/mol. The van der Waals surface area contributed by atoms with Gasteiger partial charge < -0.3 is 9.74 Å². The molecule has 32 heavy (non-hydrogen) atoms. The molecular formula is C27H30N2O3. The van der Waals surface area contributed by atoms with E-state index in [-0.39, 0.29) is 17.2 Å². The molecule has 0 saturated carbocycles. The molecule has 2 aromatic carbocycles. The maximum atomic E-state index is 13.4. The first kappa shape index (κ1) is 22.0. The predicted octanol–water partition coefficient (Wildman–Crippen LogP) is 5.57. The van der Waals surface area contributed by atoms with Gasteiger partial charge in [0, 0.05) is 36.2 Å². The topological polar surface area (TPSA) is 59.0 Å². The quantitative estimate of drug-likeness (QED) is 0.269. The zero-order valence-corrected chi connectivity index (χ0v) is 19.4. The SMILES string of the molecule is CCN1c2ccc(/C(C)=N\OC(C)=O)cc2C2CC(C(=O)c3ccccc3C)=CCC21C. The van der Waals surface area contributed by atoms with Gasteiger partial charge in [-0.25, -0.2) is 4.79 Å². The van der Waals surface area contributed by atoms with E-state index in [0.29, 0.717) is 12.1 Å². The molecule has 2 aliphatic rings. The molecule has 5 heteroatoms. The second kappa shape index (κ2) is 8.38. The average molecular weight is 431 g/mol. The van der Waals surface area contributed by atoms with E-state index in [1.54, 1.807) is 0 Å². The molecule has 2 atom stereocenters. The van der Waals surface area contributed by atoms with Crippen LogP contribution in [0.25, 0.3) is 0 Å². The van der Waals surface area contributed by atoms with Crippen molar-refractivity contribution in [2.45, 2.75) is 58.9 Å². The number of carbonyl (C=O) groups excluding carboxylic acids is 2. The van der Waals surface area contributed by atoms with Gasteiger partial charge >= 0.3 is 5.97 Å². The Hall–Kier alpha value is -3.21. The van der Waals surface area contributed by atoms with Gasteiger partial charge in [0.2, 0.25) is 0 Å². The summed E-state index contributed by atoms with van der Waals surface area (Å²) in [5.74, 6) is -0.107. The standard InChI is InChI=1S/C27H30N2O3/c1-6-29-25-12-11-20(18(3)28-32-19(4)30)15-23(25)24-16-21(13-14-27(24,29)5)26(31)22-10-8-7-9-17(22)2/h7-13,15,24H,6,14,16H2,1-5H3/b28-18-. The van der Waals surface area contributed by atoms with Crippen LogP contribution in [0.3, 0.4) is 0 Å². The Bertz CT molecular complexity index is 1150. The molecule has 0 radical (unpaired) electrons. The number of carbonyl (C=O) groups is 2. The summed E-state index contributed by atoms with van der Waals surface area (Å²) >= 11 is 0. The lowest BCUT2D eigenvalue weighted by atomic mass is 9.71. The molecule has 2 aromatic rings. The highest BCUT2D eigenvalue weighted by Crippen LogP contribution is 2.54. The maximum absolute atomic E-state index is 13.4. The van der Waals surface area contributed by atoms with Crippen LogP contribution in [-0.2, 0) is 9.63 Å². The Morgan fingerprint density at radius 2 is 1.94 bits per heavy atom. The molecule has 0 fully saturated rings. The Balaban J connectivity index is 1.72. The lowest BCUT2D eigenvalue weighted by Gasteiger charge is -2.43. The van der Waals surface area contributed by atoms with Crippen LogP contribution in [0, 0.1) is 6.92 Å². The van der Waals surface area contributed by atoms with Crippen LogP contribution in [0.5, 0.6) is 0 Å². The van der Waals surface area contributed by atoms with Gasteiger partial charge in [0.05, 0.1) is 5.71 Å². The van der Waals surface area contributed by atoms with E-state index >= 15 is 0 Å². The summed E-state index contributed by atoms with van der Waals surface area (Å²) in [4.78, 5) is 31.8. The highest BCUT2D eigenvalue weighted by Gasteiger charge is 2.49. The molecule has 0 saturated heterocycles. The van der Waals surface area contributed by atoms with Crippen molar-refractivity contribution in [3.05, 3.63) is 76.4 Å². The van der Waals surface area contributed by atoms with E-state index in [2.05, 4.69) is 42.1 Å². The number of oxime groups is 1. The third-order valence-corrected chi connectivity index (χ3v) is 6.97. The normalized spacial score (nSPS) is 22.2. The van der Waals surface area contributed by atoms with E-state index in [0.717, 1.165) is 35.2 Å². The minimum Gasteiger partial charge on any atom is -0.365 e. The van der Waals surface area contributed by atoms with E-state index in [4.69, 9.17) is 4.84 Å². The van der Waals surface area contributed by atoms with Crippen LogP contribution in [0.4, 0.5) is 5.69 Å². The van der Waals surface area contributed by atoms with Crippen molar-refractivity contribution in [3.8, 4) is 0 Å². The smallest absolute Gasteiger partial charge is 0.331 e. The van der Waals surface area contributed by atoms with Crippen molar-refractivity contribution in [2.75, 3.05) is 11.4 Å². The fourth-order valence-corrected chi connectivity index (χ4v) is 5.22. The van der Waals surface area contributed by atoms with Gasteiger partial charge in [-0.15, -0.1) is 0 Å². The Kier molecular flexibility index (Phi) is 5.76. The summed E-state index contributed by atoms with van der Waals surface area (Å²) in [5.41, 5.74) is 6.62. The molecule has 5 nitrogen and oxygen atoms in total.